The van der Waals surface area contributed by atoms with Crippen LogP contribution in [0.1, 0.15) is 56.2 Å². The maximum Gasteiger partial charge on any atom is 0.233 e. The highest BCUT2D eigenvalue weighted by Gasteiger charge is 2.42. The minimum atomic E-state index is -0.646. The summed E-state index contributed by atoms with van der Waals surface area (Å²) in [4.78, 5) is 13.1. The van der Waals surface area contributed by atoms with E-state index in [-0.39, 0.29) is 11.9 Å². The topological polar surface area (TPSA) is 55.1 Å². The molecule has 0 saturated heterocycles. The van der Waals surface area contributed by atoms with Gasteiger partial charge in [-0.15, -0.1) is 0 Å². The molecule has 0 bridgehead atoms. The molecule has 1 aliphatic carbocycles. The zero-order valence-corrected chi connectivity index (χ0v) is 13.6. The number of nitrogens with one attached hydrogen (secondary N) is 1. The number of aryl methyl sites for hydroxylation is 1. The molecular weight excluding hydrogens is 280 g/mol. The van der Waals surface area contributed by atoms with Crippen molar-refractivity contribution in [3.8, 4) is 0 Å². The van der Waals surface area contributed by atoms with E-state index in [0.29, 0.717) is 4.99 Å². The van der Waals surface area contributed by atoms with Crippen molar-refractivity contribution in [2.24, 2.45) is 11.1 Å². The van der Waals surface area contributed by atoms with Gasteiger partial charge in [0.1, 0.15) is 0 Å². The molecule has 1 aromatic carbocycles. The number of rotatable bonds is 4. The highest BCUT2D eigenvalue weighted by molar-refractivity contribution is 7.80. The second-order valence-corrected chi connectivity index (χ2v) is 6.55. The summed E-state index contributed by atoms with van der Waals surface area (Å²) in [6.45, 7) is 4.05. The summed E-state index contributed by atoms with van der Waals surface area (Å²) in [6, 6.07) is 8.18. The molecule has 1 saturated carbocycles. The molecule has 0 heterocycles. The first kappa shape index (κ1) is 16.0. The van der Waals surface area contributed by atoms with Gasteiger partial charge in [-0.3, -0.25) is 4.79 Å². The van der Waals surface area contributed by atoms with Gasteiger partial charge in [0.25, 0.3) is 0 Å². The summed E-state index contributed by atoms with van der Waals surface area (Å²) in [5.74, 6) is -0.0113. The number of nitrogens with two attached hydrogens (primary N) is 1. The van der Waals surface area contributed by atoms with Gasteiger partial charge in [-0.05, 0) is 32.3 Å². The van der Waals surface area contributed by atoms with E-state index in [2.05, 4.69) is 36.5 Å². The van der Waals surface area contributed by atoms with Crippen LogP contribution >= 0.6 is 12.2 Å². The second kappa shape index (κ2) is 6.56. The van der Waals surface area contributed by atoms with Gasteiger partial charge in [-0.2, -0.15) is 0 Å². The van der Waals surface area contributed by atoms with Crippen molar-refractivity contribution in [3.63, 3.8) is 0 Å². The third-order valence-electron chi connectivity index (χ3n) is 4.54. The zero-order valence-electron chi connectivity index (χ0n) is 12.8. The van der Waals surface area contributed by atoms with Crippen molar-refractivity contribution in [2.45, 2.75) is 52.0 Å². The molecule has 3 N–H and O–H groups in total. The van der Waals surface area contributed by atoms with Gasteiger partial charge in [0, 0.05) is 0 Å². The van der Waals surface area contributed by atoms with E-state index in [0.717, 1.165) is 37.7 Å². The lowest BCUT2D eigenvalue weighted by atomic mass is 9.73. The van der Waals surface area contributed by atoms with E-state index in [1.807, 2.05) is 6.92 Å². The van der Waals surface area contributed by atoms with Crippen LogP contribution < -0.4 is 11.1 Å². The average Bonchev–Trinajstić information content (AvgIpc) is 2.48. The van der Waals surface area contributed by atoms with Crippen LogP contribution in [0.4, 0.5) is 0 Å². The molecule has 4 heteroatoms. The van der Waals surface area contributed by atoms with E-state index < -0.39 is 5.41 Å². The van der Waals surface area contributed by atoms with Gasteiger partial charge in [-0.25, -0.2) is 0 Å². The first-order valence-corrected chi connectivity index (χ1v) is 8.04. The molecule has 1 fully saturated rings. The maximum absolute atomic E-state index is 12.7. The number of benzene rings is 1. The summed E-state index contributed by atoms with van der Waals surface area (Å²) in [5, 5.41) is 3.10. The molecule has 1 aliphatic rings. The molecule has 1 atom stereocenters. The van der Waals surface area contributed by atoms with Crippen molar-refractivity contribution in [1.29, 1.82) is 0 Å². The highest BCUT2D eigenvalue weighted by atomic mass is 32.1. The van der Waals surface area contributed by atoms with Crippen molar-refractivity contribution in [2.75, 3.05) is 0 Å². The smallest absolute Gasteiger partial charge is 0.233 e. The van der Waals surface area contributed by atoms with Gasteiger partial charge in [0.05, 0.1) is 16.4 Å². The lowest BCUT2D eigenvalue weighted by Crippen LogP contribution is -2.50. The fourth-order valence-electron chi connectivity index (χ4n) is 3.01. The van der Waals surface area contributed by atoms with Gasteiger partial charge in [0.15, 0.2) is 0 Å². The Balaban J connectivity index is 2.11. The Morgan fingerprint density at radius 1 is 1.24 bits per heavy atom. The van der Waals surface area contributed by atoms with Crippen molar-refractivity contribution >= 4 is 23.1 Å². The summed E-state index contributed by atoms with van der Waals surface area (Å²) >= 11 is 5.21. The van der Waals surface area contributed by atoms with Crippen LogP contribution in [0.15, 0.2) is 24.3 Å². The number of hydrogen-bond acceptors (Lipinski definition) is 2. The van der Waals surface area contributed by atoms with Crippen molar-refractivity contribution < 1.29 is 4.79 Å². The minimum absolute atomic E-state index is 0.0113. The lowest BCUT2D eigenvalue weighted by Gasteiger charge is -2.35. The van der Waals surface area contributed by atoms with Gasteiger partial charge in [0.2, 0.25) is 5.91 Å². The number of amides is 1. The molecule has 0 spiro atoms. The van der Waals surface area contributed by atoms with Crippen LogP contribution in [-0.2, 0) is 4.79 Å². The Labute approximate surface area is 132 Å². The van der Waals surface area contributed by atoms with Gasteiger partial charge in [-0.1, -0.05) is 61.3 Å². The fourth-order valence-corrected chi connectivity index (χ4v) is 3.31. The van der Waals surface area contributed by atoms with Crippen LogP contribution in [0.5, 0.6) is 0 Å². The largest absolute Gasteiger partial charge is 0.392 e. The second-order valence-electron chi connectivity index (χ2n) is 6.11. The number of thiocarbonyl (C=S) groups is 1. The molecular formula is C17H24N2OS. The van der Waals surface area contributed by atoms with Gasteiger partial charge >= 0.3 is 0 Å². The van der Waals surface area contributed by atoms with Crippen molar-refractivity contribution in [1.82, 2.24) is 5.32 Å². The number of carbonyl (C=O) groups is 1. The molecule has 21 heavy (non-hydrogen) atoms. The van der Waals surface area contributed by atoms with Crippen LogP contribution in [0.25, 0.3) is 0 Å². The Bertz CT molecular complexity index is 518. The third kappa shape index (κ3) is 3.43. The normalized spacial score (nSPS) is 18.8. The Kier molecular flexibility index (Phi) is 4.99. The summed E-state index contributed by atoms with van der Waals surface area (Å²) < 4.78 is 0. The van der Waals surface area contributed by atoms with Crippen LogP contribution in [-0.4, -0.2) is 10.9 Å². The molecule has 2 rings (SSSR count). The van der Waals surface area contributed by atoms with Gasteiger partial charge < -0.3 is 11.1 Å². The third-order valence-corrected chi connectivity index (χ3v) is 4.93. The quantitative estimate of drug-likeness (QED) is 0.838. The fraction of sp³-hybridized carbons (Fsp3) is 0.529. The summed E-state index contributed by atoms with van der Waals surface area (Å²) in [5.41, 5.74) is 7.57. The molecule has 3 nitrogen and oxygen atoms in total. The molecule has 0 radical (unpaired) electrons. The predicted molar refractivity (Wildman–Crippen MR) is 90.0 cm³/mol. The number of hydrogen-bond donors (Lipinski definition) is 2. The molecule has 1 aromatic rings. The Hall–Kier alpha value is -1.42. The molecule has 0 aliphatic heterocycles. The SMILES string of the molecule is Cc1ccc(C(C)NC(=O)C2(C(N)=S)CCCCC2)cc1. The zero-order chi connectivity index (χ0) is 15.5. The summed E-state index contributed by atoms with van der Waals surface area (Å²) in [6.07, 6.45) is 4.74. The van der Waals surface area contributed by atoms with E-state index in [4.69, 9.17) is 18.0 Å². The van der Waals surface area contributed by atoms with E-state index in [1.54, 1.807) is 0 Å². The monoisotopic (exact) mass is 304 g/mol. The lowest BCUT2D eigenvalue weighted by molar-refractivity contribution is -0.129. The maximum atomic E-state index is 12.7. The highest BCUT2D eigenvalue weighted by Crippen LogP contribution is 2.37. The minimum Gasteiger partial charge on any atom is -0.392 e. The van der Waals surface area contributed by atoms with Crippen LogP contribution in [0, 0.1) is 12.3 Å². The molecule has 1 unspecified atom stereocenters. The number of carbonyl (C=O) groups excluding carboxylic acids is 1. The van der Waals surface area contributed by atoms with Crippen LogP contribution in [0.3, 0.4) is 0 Å². The Morgan fingerprint density at radius 2 is 1.81 bits per heavy atom. The van der Waals surface area contributed by atoms with Crippen molar-refractivity contribution in [3.05, 3.63) is 35.4 Å². The van der Waals surface area contributed by atoms with Crippen LogP contribution in [0.2, 0.25) is 0 Å². The van der Waals surface area contributed by atoms with E-state index in [1.165, 1.54) is 5.56 Å². The Morgan fingerprint density at radius 3 is 2.33 bits per heavy atom. The first-order valence-electron chi connectivity index (χ1n) is 7.63. The average molecular weight is 304 g/mol. The van der Waals surface area contributed by atoms with E-state index in [9.17, 15) is 4.79 Å². The predicted octanol–water partition coefficient (Wildman–Crippen LogP) is 3.41. The summed E-state index contributed by atoms with van der Waals surface area (Å²) in [7, 11) is 0. The molecule has 1 amide bonds. The first-order chi connectivity index (χ1) is 9.95. The molecule has 114 valence electrons. The van der Waals surface area contributed by atoms with E-state index >= 15 is 0 Å². The molecule has 0 aromatic heterocycles. The standard InChI is InChI=1S/C17H24N2OS/c1-12-6-8-14(9-7-12)13(2)19-16(20)17(15(18)21)10-4-3-5-11-17/h6-9,13H,3-5,10-11H2,1-2H3,(H2,18,21)(H,19,20).